The highest BCUT2D eigenvalue weighted by Crippen LogP contribution is 2.17. The SMILES string of the molecule is CCC1C=NN(C(=O)NS(=O)(=O)c2ccccc2C(=O)OC)C1. The van der Waals surface area contributed by atoms with Gasteiger partial charge in [-0.05, 0) is 18.6 Å². The first-order valence-corrected chi connectivity index (χ1v) is 8.43. The summed E-state index contributed by atoms with van der Waals surface area (Å²) in [5.41, 5.74) is -0.147. The monoisotopic (exact) mass is 339 g/mol. The maximum atomic E-state index is 12.4. The second kappa shape index (κ2) is 6.78. The number of methoxy groups -OCH3 is 1. The lowest BCUT2D eigenvalue weighted by Crippen LogP contribution is -2.40. The maximum absolute atomic E-state index is 12.4. The van der Waals surface area contributed by atoms with E-state index in [4.69, 9.17) is 0 Å². The predicted octanol–water partition coefficient (Wildman–Crippen LogP) is 1.20. The number of carbonyl (C=O) groups excluding carboxylic acids is 2. The summed E-state index contributed by atoms with van der Waals surface area (Å²) in [6.45, 7) is 2.26. The van der Waals surface area contributed by atoms with Crippen molar-refractivity contribution in [2.45, 2.75) is 18.2 Å². The summed E-state index contributed by atoms with van der Waals surface area (Å²) in [6.07, 6.45) is 2.40. The van der Waals surface area contributed by atoms with Crippen molar-refractivity contribution in [3.05, 3.63) is 29.8 Å². The highest BCUT2D eigenvalue weighted by Gasteiger charge is 2.29. The predicted molar refractivity (Wildman–Crippen MR) is 82.5 cm³/mol. The van der Waals surface area contributed by atoms with E-state index in [2.05, 4.69) is 9.84 Å². The quantitative estimate of drug-likeness (QED) is 0.830. The van der Waals surface area contributed by atoms with E-state index in [1.807, 2.05) is 11.6 Å². The summed E-state index contributed by atoms with van der Waals surface area (Å²) in [6, 6.07) is 4.63. The third-order valence-electron chi connectivity index (χ3n) is 3.39. The molecule has 8 nitrogen and oxygen atoms in total. The second-order valence-electron chi connectivity index (χ2n) is 4.91. The van der Waals surface area contributed by atoms with E-state index in [-0.39, 0.29) is 16.4 Å². The van der Waals surface area contributed by atoms with E-state index in [1.54, 1.807) is 6.21 Å². The highest BCUT2D eigenvalue weighted by molar-refractivity contribution is 7.90. The standard InChI is InChI=1S/C14H17N3O5S/c1-3-10-8-15-17(9-10)14(19)16-23(20,21)12-7-5-4-6-11(12)13(18)22-2/h4-8,10H,3,9H2,1-2H3,(H,16,19). The van der Waals surface area contributed by atoms with Gasteiger partial charge in [-0.1, -0.05) is 19.1 Å². The number of sulfonamides is 1. The maximum Gasteiger partial charge on any atom is 0.351 e. The van der Waals surface area contributed by atoms with Crippen molar-refractivity contribution in [1.29, 1.82) is 0 Å². The molecule has 1 aromatic carbocycles. The summed E-state index contributed by atoms with van der Waals surface area (Å²) < 4.78 is 31.2. The van der Waals surface area contributed by atoms with Gasteiger partial charge in [0.1, 0.15) is 4.90 Å². The van der Waals surface area contributed by atoms with Gasteiger partial charge in [0, 0.05) is 12.1 Å². The zero-order valence-electron chi connectivity index (χ0n) is 12.7. The number of benzene rings is 1. The number of amides is 2. The Balaban J connectivity index is 2.22. The van der Waals surface area contributed by atoms with Crippen molar-refractivity contribution in [2.75, 3.05) is 13.7 Å². The molecule has 0 aliphatic carbocycles. The average molecular weight is 339 g/mol. The number of hydrogen-bond acceptors (Lipinski definition) is 6. The van der Waals surface area contributed by atoms with Gasteiger partial charge in [-0.3, -0.25) is 0 Å². The smallest absolute Gasteiger partial charge is 0.351 e. The van der Waals surface area contributed by atoms with E-state index in [9.17, 15) is 18.0 Å². The molecule has 1 N–H and O–H groups in total. The molecule has 0 saturated heterocycles. The van der Waals surface area contributed by atoms with Gasteiger partial charge in [0.25, 0.3) is 10.0 Å². The van der Waals surface area contributed by atoms with Crippen LogP contribution in [0.3, 0.4) is 0 Å². The summed E-state index contributed by atoms with van der Waals surface area (Å²) in [7, 11) is -3.08. The first-order chi connectivity index (χ1) is 10.9. The van der Waals surface area contributed by atoms with Crippen molar-refractivity contribution in [2.24, 2.45) is 11.0 Å². The van der Waals surface area contributed by atoms with Crippen LogP contribution in [-0.2, 0) is 14.8 Å². The van der Waals surface area contributed by atoms with Gasteiger partial charge >= 0.3 is 12.0 Å². The fourth-order valence-corrected chi connectivity index (χ4v) is 3.21. The number of nitrogens with one attached hydrogen (secondary N) is 1. The van der Waals surface area contributed by atoms with Gasteiger partial charge in [0.15, 0.2) is 0 Å². The Bertz CT molecular complexity index is 745. The normalized spacial score (nSPS) is 17.1. The number of urea groups is 1. The Labute approximate surface area is 134 Å². The fourth-order valence-electron chi connectivity index (χ4n) is 2.06. The third-order valence-corrected chi connectivity index (χ3v) is 4.77. The third kappa shape index (κ3) is 3.67. The van der Waals surface area contributed by atoms with Crippen molar-refractivity contribution in [1.82, 2.24) is 9.73 Å². The molecule has 0 radical (unpaired) electrons. The highest BCUT2D eigenvalue weighted by atomic mass is 32.2. The molecule has 9 heteroatoms. The lowest BCUT2D eigenvalue weighted by Gasteiger charge is -2.15. The molecule has 0 fully saturated rings. The molecule has 0 spiro atoms. The summed E-state index contributed by atoms with van der Waals surface area (Å²) in [4.78, 5) is 23.4. The van der Waals surface area contributed by atoms with Crippen molar-refractivity contribution < 1.29 is 22.7 Å². The topological polar surface area (TPSA) is 105 Å². The molecule has 1 heterocycles. The Kier molecular flexibility index (Phi) is 4.99. The van der Waals surface area contributed by atoms with Crippen LogP contribution < -0.4 is 4.72 Å². The van der Waals surface area contributed by atoms with E-state index < -0.39 is 22.0 Å². The van der Waals surface area contributed by atoms with Crippen LogP contribution in [-0.4, -0.2) is 45.3 Å². The Hall–Kier alpha value is -2.42. The summed E-state index contributed by atoms with van der Waals surface area (Å²) >= 11 is 0. The largest absolute Gasteiger partial charge is 0.465 e. The minimum absolute atomic E-state index is 0.103. The molecule has 124 valence electrons. The first-order valence-electron chi connectivity index (χ1n) is 6.94. The zero-order chi connectivity index (χ0) is 17.0. The Morgan fingerprint density at radius 2 is 2.09 bits per heavy atom. The molecular formula is C14H17N3O5S. The van der Waals surface area contributed by atoms with Crippen LogP contribution in [0.1, 0.15) is 23.7 Å². The molecule has 0 bridgehead atoms. The average Bonchev–Trinajstić information content (AvgIpc) is 3.03. The van der Waals surface area contributed by atoms with Crippen LogP contribution in [0.5, 0.6) is 0 Å². The lowest BCUT2D eigenvalue weighted by atomic mass is 10.1. The lowest BCUT2D eigenvalue weighted by molar-refractivity contribution is 0.0596. The van der Waals surface area contributed by atoms with Crippen LogP contribution in [0.15, 0.2) is 34.3 Å². The number of nitrogens with zero attached hydrogens (tertiary/aromatic N) is 2. The van der Waals surface area contributed by atoms with Crippen LogP contribution in [0.2, 0.25) is 0 Å². The van der Waals surface area contributed by atoms with Gasteiger partial charge < -0.3 is 4.74 Å². The van der Waals surface area contributed by atoms with Gasteiger partial charge in [0.2, 0.25) is 0 Å². The van der Waals surface area contributed by atoms with Crippen LogP contribution >= 0.6 is 0 Å². The molecule has 1 aliphatic heterocycles. The van der Waals surface area contributed by atoms with Crippen LogP contribution in [0, 0.1) is 5.92 Å². The number of hydrogen-bond donors (Lipinski definition) is 1. The van der Waals surface area contributed by atoms with Crippen molar-refractivity contribution >= 4 is 28.2 Å². The molecule has 1 atom stereocenters. The number of hydrazone groups is 1. The minimum atomic E-state index is -4.22. The molecule has 2 rings (SSSR count). The zero-order valence-corrected chi connectivity index (χ0v) is 13.5. The molecule has 1 aromatic rings. The number of esters is 1. The minimum Gasteiger partial charge on any atom is -0.465 e. The van der Waals surface area contributed by atoms with Crippen LogP contribution in [0.4, 0.5) is 4.79 Å². The van der Waals surface area contributed by atoms with E-state index in [0.29, 0.717) is 6.54 Å². The number of carbonyl (C=O) groups is 2. The van der Waals surface area contributed by atoms with Gasteiger partial charge in [-0.25, -0.2) is 27.7 Å². The van der Waals surface area contributed by atoms with Gasteiger partial charge in [0.05, 0.1) is 19.2 Å². The second-order valence-corrected chi connectivity index (χ2v) is 6.56. The Morgan fingerprint density at radius 1 is 1.39 bits per heavy atom. The van der Waals surface area contributed by atoms with Gasteiger partial charge in [-0.15, -0.1) is 0 Å². The van der Waals surface area contributed by atoms with Crippen LogP contribution in [0.25, 0.3) is 0 Å². The molecule has 0 saturated carbocycles. The number of ether oxygens (including phenoxy) is 1. The van der Waals surface area contributed by atoms with E-state index >= 15 is 0 Å². The molecule has 1 aliphatic rings. The molecular weight excluding hydrogens is 322 g/mol. The van der Waals surface area contributed by atoms with E-state index in [0.717, 1.165) is 18.5 Å². The fraction of sp³-hybridized carbons (Fsp3) is 0.357. The molecule has 0 aromatic heterocycles. The van der Waals surface area contributed by atoms with Crippen molar-refractivity contribution in [3.63, 3.8) is 0 Å². The van der Waals surface area contributed by atoms with Gasteiger partial charge in [-0.2, -0.15) is 5.10 Å². The summed E-state index contributed by atoms with van der Waals surface area (Å²) in [5.74, 6) is -0.700. The molecule has 2 amide bonds. The van der Waals surface area contributed by atoms with E-state index in [1.165, 1.54) is 24.3 Å². The Morgan fingerprint density at radius 3 is 2.70 bits per heavy atom. The van der Waals surface area contributed by atoms with Crippen molar-refractivity contribution in [3.8, 4) is 0 Å². The molecule has 23 heavy (non-hydrogen) atoms. The first kappa shape index (κ1) is 16.9. The number of rotatable bonds is 4. The summed E-state index contributed by atoms with van der Waals surface area (Å²) in [5, 5.41) is 4.93. The molecule has 1 unspecified atom stereocenters.